The normalized spacial score (nSPS) is 12.5. The quantitative estimate of drug-likeness (QED) is 0.796. The molecule has 2 rings (SSSR count). The predicted octanol–water partition coefficient (Wildman–Crippen LogP) is 3.71. The number of ketones is 1. The minimum atomic E-state index is 0.0810. The first-order valence-corrected chi connectivity index (χ1v) is 8.10. The fourth-order valence-corrected chi connectivity index (χ4v) is 3.64. The number of nitrogens with zero attached hydrogens (tertiary/aromatic N) is 1. The van der Waals surface area contributed by atoms with Crippen molar-refractivity contribution >= 4 is 22.3 Å². The minimum Gasteiger partial charge on any atom is -0.383 e. The Morgan fingerprint density at radius 3 is 2.64 bits per heavy atom. The van der Waals surface area contributed by atoms with Gasteiger partial charge in [0.25, 0.3) is 0 Å². The molecule has 2 heterocycles. The molecule has 0 unspecified atom stereocenters. The minimum absolute atomic E-state index is 0.0810. The average Bonchev–Trinajstić information content (AvgIpc) is 2.89. The zero-order valence-corrected chi connectivity index (χ0v) is 14.8. The van der Waals surface area contributed by atoms with Crippen LogP contribution in [0.25, 0.3) is 11.4 Å². The zero-order chi connectivity index (χ0) is 16.4. The molecule has 0 bridgehead atoms. The van der Waals surface area contributed by atoms with E-state index in [2.05, 4.69) is 22.2 Å². The van der Waals surface area contributed by atoms with Crippen LogP contribution in [0.1, 0.15) is 40.3 Å². The number of carbonyl (C=O) groups excluding carboxylic acids is 1. The summed E-state index contributed by atoms with van der Waals surface area (Å²) in [6.07, 6.45) is 0. The number of anilines is 1. The Morgan fingerprint density at radius 1 is 1.41 bits per heavy atom. The first-order chi connectivity index (χ1) is 10.3. The third kappa shape index (κ3) is 3.23. The van der Waals surface area contributed by atoms with E-state index in [1.807, 2.05) is 20.8 Å². The van der Waals surface area contributed by atoms with Crippen molar-refractivity contribution in [2.24, 2.45) is 0 Å². The maximum Gasteiger partial charge on any atom is 0.183 e. The third-order valence-electron chi connectivity index (χ3n) is 3.61. The van der Waals surface area contributed by atoms with Gasteiger partial charge in [-0.05, 0) is 40.2 Å². The second-order valence-electron chi connectivity index (χ2n) is 5.61. The van der Waals surface area contributed by atoms with Crippen molar-refractivity contribution < 1.29 is 9.53 Å². The molecule has 0 saturated heterocycles. The van der Waals surface area contributed by atoms with E-state index in [0.29, 0.717) is 6.61 Å². The largest absolute Gasteiger partial charge is 0.383 e. The van der Waals surface area contributed by atoms with Gasteiger partial charge in [-0.1, -0.05) is 0 Å². The van der Waals surface area contributed by atoms with Crippen molar-refractivity contribution in [3.8, 4) is 11.4 Å². The van der Waals surface area contributed by atoms with Crippen LogP contribution in [-0.4, -0.2) is 35.5 Å². The van der Waals surface area contributed by atoms with Crippen molar-refractivity contribution in [3.05, 3.63) is 21.7 Å². The molecule has 0 aliphatic rings. The van der Waals surface area contributed by atoms with Crippen molar-refractivity contribution in [1.82, 2.24) is 9.97 Å². The van der Waals surface area contributed by atoms with Gasteiger partial charge >= 0.3 is 0 Å². The fraction of sp³-hybridized carbons (Fsp3) is 0.500. The highest BCUT2D eigenvalue weighted by Gasteiger charge is 2.20. The highest BCUT2D eigenvalue weighted by molar-refractivity contribution is 7.16. The Balaban J connectivity index is 2.36. The molecular formula is C16H23N3O2S. The zero-order valence-electron chi connectivity index (χ0n) is 14.0. The van der Waals surface area contributed by atoms with Crippen LogP contribution in [0.2, 0.25) is 0 Å². The Labute approximate surface area is 135 Å². The number of hydrogen-bond acceptors (Lipinski definition) is 5. The van der Waals surface area contributed by atoms with Crippen LogP contribution in [-0.2, 0) is 4.74 Å². The Kier molecular flexibility index (Phi) is 5.03. The molecule has 5 nitrogen and oxygen atoms in total. The molecule has 0 saturated carbocycles. The molecule has 120 valence electrons. The summed E-state index contributed by atoms with van der Waals surface area (Å²) in [5.41, 5.74) is 4.48. The Hall–Kier alpha value is -1.66. The van der Waals surface area contributed by atoms with Crippen LogP contribution in [0, 0.1) is 20.8 Å². The van der Waals surface area contributed by atoms with Gasteiger partial charge in [0.2, 0.25) is 0 Å². The Bertz CT molecular complexity index is 688. The summed E-state index contributed by atoms with van der Waals surface area (Å²) in [4.78, 5) is 20.9. The lowest BCUT2D eigenvalue weighted by Gasteiger charge is -2.10. The lowest BCUT2D eigenvalue weighted by atomic mass is 10.1. The first-order valence-electron chi connectivity index (χ1n) is 7.28. The van der Waals surface area contributed by atoms with Gasteiger partial charge in [-0.25, -0.2) is 4.98 Å². The highest BCUT2D eigenvalue weighted by atomic mass is 32.1. The van der Waals surface area contributed by atoms with Gasteiger partial charge < -0.3 is 15.0 Å². The summed E-state index contributed by atoms with van der Waals surface area (Å²) in [6.45, 7) is 10.2. The number of methoxy groups -OCH3 is 1. The lowest BCUT2D eigenvalue weighted by molar-refractivity contribution is 0.101. The maximum absolute atomic E-state index is 11.8. The monoisotopic (exact) mass is 321 g/mol. The molecule has 0 radical (unpaired) electrons. The van der Waals surface area contributed by atoms with Crippen LogP contribution in [0.4, 0.5) is 5.13 Å². The molecule has 0 amide bonds. The number of rotatable bonds is 6. The van der Waals surface area contributed by atoms with E-state index in [1.165, 1.54) is 0 Å². The SMILES string of the molecule is COC[C@@H](C)Nc1nc(-c2[nH]c(C)c(C(C)=O)c2C)c(C)s1. The van der Waals surface area contributed by atoms with E-state index in [1.54, 1.807) is 25.4 Å². The summed E-state index contributed by atoms with van der Waals surface area (Å²) in [5, 5.41) is 4.21. The second-order valence-corrected chi connectivity index (χ2v) is 6.81. The Morgan fingerprint density at radius 2 is 2.09 bits per heavy atom. The van der Waals surface area contributed by atoms with E-state index < -0.39 is 0 Å². The molecule has 2 N–H and O–H groups in total. The summed E-state index contributed by atoms with van der Waals surface area (Å²) >= 11 is 1.61. The molecule has 0 aromatic carbocycles. The van der Waals surface area contributed by atoms with Gasteiger partial charge in [-0.2, -0.15) is 0 Å². The number of nitrogens with one attached hydrogen (secondary N) is 2. The number of carbonyl (C=O) groups is 1. The number of aryl methyl sites for hydroxylation is 2. The van der Waals surface area contributed by atoms with Gasteiger partial charge in [-0.15, -0.1) is 11.3 Å². The molecule has 2 aromatic heterocycles. The number of thiazole rings is 1. The molecule has 6 heteroatoms. The summed E-state index contributed by atoms with van der Waals surface area (Å²) in [5.74, 6) is 0.0810. The number of ether oxygens (including phenoxy) is 1. The number of aromatic nitrogens is 2. The molecule has 0 spiro atoms. The first kappa shape index (κ1) is 16.7. The van der Waals surface area contributed by atoms with Crippen LogP contribution in [0.3, 0.4) is 0 Å². The second kappa shape index (κ2) is 6.62. The fourth-order valence-electron chi connectivity index (χ4n) is 2.71. The van der Waals surface area contributed by atoms with Crippen molar-refractivity contribution in [3.63, 3.8) is 0 Å². The molecule has 22 heavy (non-hydrogen) atoms. The van der Waals surface area contributed by atoms with Gasteiger partial charge in [0.1, 0.15) is 5.69 Å². The summed E-state index contributed by atoms with van der Waals surface area (Å²) in [6, 6.07) is 0.197. The topological polar surface area (TPSA) is 67.0 Å². The molecule has 0 aliphatic heterocycles. The number of hydrogen-bond donors (Lipinski definition) is 2. The summed E-state index contributed by atoms with van der Waals surface area (Å²) < 4.78 is 5.13. The van der Waals surface area contributed by atoms with Crippen LogP contribution in [0.5, 0.6) is 0 Å². The molecular weight excluding hydrogens is 298 g/mol. The highest BCUT2D eigenvalue weighted by Crippen LogP contribution is 2.34. The molecule has 2 aromatic rings. The van der Waals surface area contributed by atoms with Gasteiger partial charge in [0.15, 0.2) is 10.9 Å². The van der Waals surface area contributed by atoms with Gasteiger partial charge in [-0.3, -0.25) is 4.79 Å². The predicted molar refractivity (Wildman–Crippen MR) is 91.1 cm³/mol. The number of Topliss-reactive ketones (excluding diaryl/α,β-unsaturated/α-hetero) is 1. The van der Waals surface area contributed by atoms with E-state index in [0.717, 1.165) is 38.2 Å². The van der Waals surface area contributed by atoms with Crippen molar-refractivity contribution in [2.45, 2.75) is 40.7 Å². The smallest absolute Gasteiger partial charge is 0.183 e. The molecule has 1 atom stereocenters. The van der Waals surface area contributed by atoms with Crippen LogP contribution >= 0.6 is 11.3 Å². The van der Waals surface area contributed by atoms with Gasteiger partial charge in [0, 0.05) is 29.3 Å². The third-order valence-corrected chi connectivity index (χ3v) is 4.51. The standard InChI is InChI=1S/C16H23N3O2S/c1-8(7-21-6)17-16-19-15(12(5)22-16)14-9(2)13(11(4)20)10(3)18-14/h8,18H,7H2,1-6H3,(H,17,19)/t8-/m1/s1. The lowest BCUT2D eigenvalue weighted by Crippen LogP contribution is -2.20. The maximum atomic E-state index is 11.8. The molecule has 0 fully saturated rings. The summed E-state index contributed by atoms with van der Waals surface area (Å²) in [7, 11) is 1.69. The molecule has 0 aliphatic carbocycles. The van der Waals surface area contributed by atoms with E-state index in [4.69, 9.17) is 4.74 Å². The van der Waals surface area contributed by atoms with Crippen molar-refractivity contribution in [2.75, 3.05) is 19.0 Å². The van der Waals surface area contributed by atoms with E-state index in [9.17, 15) is 4.79 Å². The number of H-pyrrole nitrogens is 1. The van der Waals surface area contributed by atoms with Crippen LogP contribution in [0.15, 0.2) is 0 Å². The number of aromatic amines is 1. The average molecular weight is 321 g/mol. The van der Waals surface area contributed by atoms with E-state index in [-0.39, 0.29) is 11.8 Å². The van der Waals surface area contributed by atoms with Crippen molar-refractivity contribution in [1.29, 1.82) is 0 Å². The van der Waals surface area contributed by atoms with E-state index >= 15 is 0 Å². The van der Waals surface area contributed by atoms with Gasteiger partial charge in [0.05, 0.1) is 12.3 Å². The van der Waals surface area contributed by atoms with Crippen LogP contribution < -0.4 is 5.32 Å².